The molecule has 0 amide bonds. The highest BCUT2D eigenvalue weighted by Gasteiger charge is 2.26. The Bertz CT molecular complexity index is 866. The van der Waals surface area contributed by atoms with Gasteiger partial charge >= 0.3 is 0 Å². The van der Waals surface area contributed by atoms with E-state index in [2.05, 4.69) is 6.07 Å². The minimum absolute atomic E-state index is 0.0603. The lowest BCUT2D eigenvalue weighted by atomic mass is 9.92. The molecule has 1 nitrogen and oxygen atoms in total. The van der Waals surface area contributed by atoms with Gasteiger partial charge in [0.25, 0.3) is 0 Å². The zero-order valence-corrected chi connectivity index (χ0v) is 11.3. The summed E-state index contributed by atoms with van der Waals surface area (Å²) in [6.45, 7) is 0. The molecule has 0 aliphatic heterocycles. The van der Waals surface area contributed by atoms with Gasteiger partial charge in [0.1, 0.15) is 7.85 Å². The molecule has 0 N–H and O–H groups in total. The van der Waals surface area contributed by atoms with E-state index in [-0.39, 0.29) is 5.78 Å². The van der Waals surface area contributed by atoms with Crippen molar-refractivity contribution >= 4 is 19.1 Å². The van der Waals surface area contributed by atoms with E-state index >= 15 is 0 Å². The van der Waals surface area contributed by atoms with Gasteiger partial charge in [0, 0.05) is 11.1 Å². The first-order valence-electron chi connectivity index (χ1n) is 6.88. The van der Waals surface area contributed by atoms with Gasteiger partial charge in [-0.2, -0.15) is 0 Å². The highest BCUT2D eigenvalue weighted by Crippen LogP contribution is 2.37. The summed E-state index contributed by atoms with van der Waals surface area (Å²) in [4.78, 5) is 12.6. The van der Waals surface area contributed by atoms with Crippen LogP contribution in [0.4, 0.5) is 0 Å². The molecule has 0 heterocycles. The van der Waals surface area contributed by atoms with E-state index in [1.165, 1.54) is 0 Å². The third-order valence-corrected chi connectivity index (χ3v) is 3.95. The van der Waals surface area contributed by atoms with Crippen LogP contribution in [-0.4, -0.2) is 13.6 Å². The molecule has 3 aromatic carbocycles. The summed E-state index contributed by atoms with van der Waals surface area (Å²) in [6, 6.07) is 21.7. The van der Waals surface area contributed by atoms with Gasteiger partial charge in [0.2, 0.25) is 0 Å². The molecule has 2 radical (unpaired) electrons. The van der Waals surface area contributed by atoms with Crippen LogP contribution in [0, 0.1) is 0 Å². The number of hydrogen-bond acceptors (Lipinski definition) is 1. The van der Waals surface area contributed by atoms with Gasteiger partial charge in [0.05, 0.1) is 0 Å². The van der Waals surface area contributed by atoms with Crippen LogP contribution in [0.25, 0.3) is 22.3 Å². The molecule has 1 aliphatic carbocycles. The molecule has 0 spiro atoms. The molecule has 3 aromatic rings. The number of carbonyl (C=O) groups excluding carboxylic acids is 1. The fraction of sp³-hybridized carbons (Fsp3) is 0. The Labute approximate surface area is 124 Å². The largest absolute Gasteiger partial charge is 0.289 e. The maximum absolute atomic E-state index is 12.6. The molecule has 0 saturated carbocycles. The maximum Gasteiger partial charge on any atom is 0.194 e. The summed E-state index contributed by atoms with van der Waals surface area (Å²) in [5, 5.41) is 0. The average molecular weight is 266 g/mol. The van der Waals surface area contributed by atoms with Crippen molar-refractivity contribution in [1.82, 2.24) is 0 Å². The first-order valence-corrected chi connectivity index (χ1v) is 6.88. The van der Waals surface area contributed by atoms with Crippen molar-refractivity contribution in [2.75, 3.05) is 0 Å². The summed E-state index contributed by atoms with van der Waals surface area (Å²) in [5.41, 5.74) is 6.23. The SMILES string of the molecule is [B]c1ccc2c(c1)C(=O)c1cc(-c3ccccc3)ccc1-2. The Hall–Kier alpha value is -2.61. The zero-order chi connectivity index (χ0) is 14.4. The molecule has 96 valence electrons. The van der Waals surface area contributed by atoms with E-state index < -0.39 is 0 Å². The lowest BCUT2D eigenvalue weighted by Gasteiger charge is -2.05. The lowest BCUT2D eigenvalue weighted by Crippen LogP contribution is -2.05. The fourth-order valence-electron chi connectivity index (χ4n) is 2.91. The van der Waals surface area contributed by atoms with Crippen LogP contribution >= 0.6 is 0 Å². The molecule has 0 aromatic heterocycles. The molecule has 0 bridgehead atoms. The summed E-state index contributed by atoms with van der Waals surface area (Å²) < 4.78 is 0. The molecule has 0 fully saturated rings. The minimum atomic E-state index is 0.0603. The van der Waals surface area contributed by atoms with Crippen molar-refractivity contribution in [3.05, 3.63) is 77.9 Å². The highest BCUT2D eigenvalue weighted by molar-refractivity contribution is 6.34. The minimum Gasteiger partial charge on any atom is -0.289 e. The van der Waals surface area contributed by atoms with Gasteiger partial charge < -0.3 is 0 Å². The third kappa shape index (κ3) is 1.84. The topological polar surface area (TPSA) is 17.1 Å². The summed E-state index contributed by atoms with van der Waals surface area (Å²) in [5.74, 6) is 0.0603. The van der Waals surface area contributed by atoms with Crippen LogP contribution in [0.15, 0.2) is 66.7 Å². The Morgan fingerprint density at radius 2 is 1.29 bits per heavy atom. The van der Waals surface area contributed by atoms with Crippen molar-refractivity contribution in [1.29, 1.82) is 0 Å². The second-order valence-corrected chi connectivity index (χ2v) is 5.26. The molecule has 2 heteroatoms. The Morgan fingerprint density at radius 1 is 0.619 bits per heavy atom. The molecule has 0 atom stereocenters. The number of hydrogen-bond donors (Lipinski definition) is 0. The van der Waals surface area contributed by atoms with E-state index in [9.17, 15) is 4.79 Å². The smallest absolute Gasteiger partial charge is 0.194 e. The average Bonchev–Trinajstić information content (AvgIpc) is 2.80. The van der Waals surface area contributed by atoms with Crippen LogP contribution in [-0.2, 0) is 0 Å². The second kappa shape index (κ2) is 4.46. The van der Waals surface area contributed by atoms with E-state index in [0.717, 1.165) is 27.8 Å². The first kappa shape index (κ1) is 12.2. The van der Waals surface area contributed by atoms with Crippen LogP contribution in [0.2, 0.25) is 0 Å². The van der Waals surface area contributed by atoms with E-state index in [0.29, 0.717) is 11.0 Å². The van der Waals surface area contributed by atoms with E-state index in [1.807, 2.05) is 54.6 Å². The van der Waals surface area contributed by atoms with Crippen molar-refractivity contribution in [3.63, 3.8) is 0 Å². The van der Waals surface area contributed by atoms with Gasteiger partial charge in [-0.1, -0.05) is 66.1 Å². The summed E-state index contributed by atoms with van der Waals surface area (Å²) in [6.07, 6.45) is 0. The predicted molar refractivity (Wildman–Crippen MR) is 86.1 cm³/mol. The quantitative estimate of drug-likeness (QED) is 0.483. The molecule has 0 unspecified atom stereocenters. The maximum atomic E-state index is 12.6. The number of ketones is 1. The predicted octanol–water partition coefficient (Wildman–Crippen LogP) is 3.36. The Kier molecular flexibility index (Phi) is 2.58. The first-order chi connectivity index (χ1) is 10.2. The molecule has 0 saturated heterocycles. The number of carbonyl (C=O) groups is 1. The van der Waals surface area contributed by atoms with Gasteiger partial charge in [-0.25, -0.2) is 0 Å². The normalized spacial score (nSPS) is 12.1. The van der Waals surface area contributed by atoms with Crippen LogP contribution in [0.1, 0.15) is 15.9 Å². The van der Waals surface area contributed by atoms with Crippen LogP contribution < -0.4 is 5.46 Å². The summed E-state index contributed by atoms with van der Waals surface area (Å²) >= 11 is 0. The van der Waals surface area contributed by atoms with Crippen molar-refractivity contribution < 1.29 is 4.79 Å². The number of benzene rings is 3. The molecular formula is C19H11BO. The van der Waals surface area contributed by atoms with E-state index in [4.69, 9.17) is 7.85 Å². The second-order valence-electron chi connectivity index (χ2n) is 5.26. The van der Waals surface area contributed by atoms with Gasteiger partial charge in [0.15, 0.2) is 5.78 Å². The lowest BCUT2D eigenvalue weighted by molar-refractivity contribution is 0.104. The summed E-state index contributed by atoms with van der Waals surface area (Å²) in [7, 11) is 5.80. The molecule has 21 heavy (non-hydrogen) atoms. The van der Waals surface area contributed by atoms with Crippen molar-refractivity contribution in [3.8, 4) is 22.3 Å². The molecular weight excluding hydrogens is 255 g/mol. The number of rotatable bonds is 1. The molecule has 1 aliphatic rings. The van der Waals surface area contributed by atoms with Gasteiger partial charge in [-0.3, -0.25) is 4.79 Å². The number of fused-ring (bicyclic) bond motifs is 3. The zero-order valence-electron chi connectivity index (χ0n) is 11.3. The van der Waals surface area contributed by atoms with Crippen molar-refractivity contribution in [2.24, 2.45) is 0 Å². The van der Waals surface area contributed by atoms with Gasteiger partial charge in [-0.05, 0) is 28.3 Å². The standard InChI is InChI=1S/C19H11BO/c20-14-7-9-16-15-8-6-13(12-4-2-1-3-5-12)10-17(15)19(21)18(16)11-14/h1-11H. The fourth-order valence-corrected chi connectivity index (χ4v) is 2.91. The van der Waals surface area contributed by atoms with E-state index in [1.54, 1.807) is 6.07 Å². The van der Waals surface area contributed by atoms with Crippen molar-refractivity contribution in [2.45, 2.75) is 0 Å². The van der Waals surface area contributed by atoms with Crippen LogP contribution in [0.3, 0.4) is 0 Å². The highest BCUT2D eigenvalue weighted by atomic mass is 16.1. The Morgan fingerprint density at radius 3 is 2.05 bits per heavy atom. The Balaban J connectivity index is 1.90. The third-order valence-electron chi connectivity index (χ3n) is 3.95. The van der Waals surface area contributed by atoms with Crippen LogP contribution in [0.5, 0.6) is 0 Å². The molecule has 4 rings (SSSR count). The van der Waals surface area contributed by atoms with Gasteiger partial charge in [-0.15, -0.1) is 0 Å². The monoisotopic (exact) mass is 266 g/mol.